The number of piperazine rings is 1. The molecule has 3 aromatic rings. The molecule has 2 aromatic carbocycles. The number of amides is 2. The second kappa shape index (κ2) is 7.72. The molecule has 0 bridgehead atoms. The summed E-state index contributed by atoms with van der Waals surface area (Å²) in [6, 6.07) is 15.3. The van der Waals surface area contributed by atoms with Crippen molar-refractivity contribution in [3.63, 3.8) is 0 Å². The van der Waals surface area contributed by atoms with Gasteiger partial charge in [0, 0.05) is 53.2 Å². The SMILES string of the molecule is CSc1ccccc1C(=O)N1CCN(C(=O)c2ccc3[nH]ccc3c2)C(C)C1. The Morgan fingerprint density at radius 2 is 1.89 bits per heavy atom. The van der Waals surface area contributed by atoms with Gasteiger partial charge in [0.25, 0.3) is 11.8 Å². The zero-order valence-electron chi connectivity index (χ0n) is 16.0. The van der Waals surface area contributed by atoms with Crippen LogP contribution in [0, 0.1) is 0 Å². The molecule has 1 unspecified atom stereocenters. The molecule has 0 radical (unpaired) electrons. The van der Waals surface area contributed by atoms with Crippen molar-refractivity contribution in [1.29, 1.82) is 0 Å². The molecule has 0 spiro atoms. The number of rotatable bonds is 3. The quantitative estimate of drug-likeness (QED) is 0.687. The number of hydrogen-bond donors (Lipinski definition) is 1. The van der Waals surface area contributed by atoms with E-state index in [2.05, 4.69) is 4.98 Å². The van der Waals surface area contributed by atoms with Crippen LogP contribution in [0.25, 0.3) is 10.9 Å². The second-order valence-corrected chi connectivity index (χ2v) is 7.93. The van der Waals surface area contributed by atoms with Crippen LogP contribution in [0.3, 0.4) is 0 Å². The lowest BCUT2D eigenvalue weighted by molar-refractivity contribution is 0.0413. The van der Waals surface area contributed by atoms with E-state index >= 15 is 0 Å². The molecule has 0 saturated carbocycles. The molecule has 1 aliphatic rings. The maximum Gasteiger partial charge on any atom is 0.255 e. The molecular weight excluding hydrogens is 370 g/mol. The van der Waals surface area contributed by atoms with Gasteiger partial charge in [0.2, 0.25) is 0 Å². The lowest BCUT2D eigenvalue weighted by Gasteiger charge is -2.40. The Morgan fingerprint density at radius 3 is 2.68 bits per heavy atom. The summed E-state index contributed by atoms with van der Waals surface area (Å²) in [5.41, 5.74) is 2.44. The summed E-state index contributed by atoms with van der Waals surface area (Å²) < 4.78 is 0. The van der Waals surface area contributed by atoms with Gasteiger partial charge in [0.15, 0.2) is 0 Å². The van der Waals surface area contributed by atoms with E-state index in [0.717, 1.165) is 21.4 Å². The first-order chi connectivity index (χ1) is 13.6. The summed E-state index contributed by atoms with van der Waals surface area (Å²) in [7, 11) is 0. The minimum Gasteiger partial charge on any atom is -0.361 e. The number of fused-ring (bicyclic) bond motifs is 1. The van der Waals surface area contributed by atoms with Crippen LogP contribution in [-0.4, -0.2) is 58.5 Å². The Morgan fingerprint density at radius 1 is 1.07 bits per heavy atom. The Kier molecular flexibility index (Phi) is 5.13. The van der Waals surface area contributed by atoms with E-state index in [1.807, 2.05) is 77.7 Å². The molecule has 1 aromatic heterocycles. The molecular formula is C22H23N3O2S. The summed E-state index contributed by atoms with van der Waals surface area (Å²) in [6.07, 6.45) is 3.85. The molecule has 2 amide bonds. The molecule has 2 heterocycles. The highest BCUT2D eigenvalue weighted by molar-refractivity contribution is 7.98. The van der Waals surface area contributed by atoms with E-state index in [1.54, 1.807) is 11.8 Å². The summed E-state index contributed by atoms with van der Waals surface area (Å²) in [6.45, 7) is 3.63. The molecule has 6 heteroatoms. The summed E-state index contributed by atoms with van der Waals surface area (Å²) in [4.78, 5) is 33.9. The van der Waals surface area contributed by atoms with Gasteiger partial charge >= 0.3 is 0 Å². The molecule has 0 aliphatic carbocycles. The van der Waals surface area contributed by atoms with Crippen LogP contribution in [0.5, 0.6) is 0 Å². The van der Waals surface area contributed by atoms with Gasteiger partial charge in [-0.3, -0.25) is 9.59 Å². The fourth-order valence-corrected chi connectivity index (χ4v) is 4.38. The summed E-state index contributed by atoms with van der Waals surface area (Å²) >= 11 is 1.58. The van der Waals surface area contributed by atoms with Gasteiger partial charge in [-0.2, -0.15) is 0 Å². The van der Waals surface area contributed by atoms with Crippen LogP contribution in [0.4, 0.5) is 0 Å². The molecule has 1 atom stereocenters. The zero-order valence-corrected chi connectivity index (χ0v) is 16.8. The van der Waals surface area contributed by atoms with Gasteiger partial charge in [-0.05, 0) is 49.6 Å². The normalized spacial score (nSPS) is 17.1. The van der Waals surface area contributed by atoms with Crippen molar-refractivity contribution < 1.29 is 9.59 Å². The fraction of sp³-hybridized carbons (Fsp3) is 0.273. The number of nitrogens with zero attached hydrogens (tertiary/aromatic N) is 2. The van der Waals surface area contributed by atoms with Crippen LogP contribution in [-0.2, 0) is 0 Å². The largest absolute Gasteiger partial charge is 0.361 e. The average Bonchev–Trinajstić information content (AvgIpc) is 3.20. The number of H-pyrrole nitrogens is 1. The monoisotopic (exact) mass is 393 g/mol. The Balaban J connectivity index is 1.49. The highest BCUT2D eigenvalue weighted by atomic mass is 32.2. The third-order valence-electron chi connectivity index (χ3n) is 5.31. The first-order valence-corrected chi connectivity index (χ1v) is 10.6. The number of benzene rings is 2. The van der Waals surface area contributed by atoms with Crippen molar-refractivity contribution in [1.82, 2.24) is 14.8 Å². The number of aromatic amines is 1. The Hall–Kier alpha value is -2.73. The summed E-state index contributed by atoms with van der Waals surface area (Å²) in [5.74, 6) is 0.0601. The van der Waals surface area contributed by atoms with E-state index in [1.165, 1.54) is 0 Å². The Bertz CT molecular complexity index is 1030. The van der Waals surface area contributed by atoms with Crippen LogP contribution in [0.15, 0.2) is 59.6 Å². The Labute approximate surface area is 168 Å². The predicted molar refractivity (Wildman–Crippen MR) is 113 cm³/mol. The van der Waals surface area contributed by atoms with Crippen molar-refractivity contribution in [3.8, 4) is 0 Å². The number of aromatic nitrogens is 1. The second-order valence-electron chi connectivity index (χ2n) is 7.08. The van der Waals surface area contributed by atoms with Crippen molar-refractivity contribution in [2.45, 2.75) is 17.9 Å². The van der Waals surface area contributed by atoms with E-state index in [-0.39, 0.29) is 17.9 Å². The average molecular weight is 394 g/mol. The lowest BCUT2D eigenvalue weighted by atomic mass is 10.1. The molecule has 1 N–H and O–H groups in total. The van der Waals surface area contributed by atoms with Gasteiger partial charge < -0.3 is 14.8 Å². The van der Waals surface area contributed by atoms with Gasteiger partial charge in [-0.1, -0.05) is 12.1 Å². The third-order valence-corrected chi connectivity index (χ3v) is 6.11. The van der Waals surface area contributed by atoms with Crippen LogP contribution >= 0.6 is 11.8 Å². The van der Waals surface area contributed by atoms with Gasteiger partial charge in [-0.15, -0.1) is 11.8 Å². The highest BCUT2D eigenvalue weighted by Crippen LogP contribution is 2.24. The highest BCUT2D eigenvalue weighted by Gasteiger charge is 2.31. The van der Waals surface area contributed by atoms with E-state index < -0.39 is 0 Å². The minimum absolute atomic E-state index is 0.0206. The van der Waals surface area contributed by atoms with Crippen LogP contribution < -0.4 is 0 Å². The molecule has 28 heavy (non-hydrogen) atoms. The smallest absolute Gasteiger partial charge is 0.255 e. The maximum atomic E-state index is 13.0. The molecule has 144 valence electrons. The van der Waals surface area contributed by atoms with Crippen molar-refractivity contribution >= 4 is 34.5 Å². The van der Waals surface area contributed by atoms with Crippen LogP contribution in [0.1, 0.15) is 27.6 Å². The number of carbonyl (C=O) groups is 2. The summed E-state index contributed by atoms with van der Waals surface area (Å²) in [5, 5.41) is 1.03. The predicted octanol–water partition coefficient (Wildman–Crippen LogP) is 3.88. The fourth-order valence-electron chi connectivity index (χ4n) is 3.79. The van der Waals surface area contributed by atoms with Crippen LogP contribution in [0.2, 0.25) is 0 Å². The topological polar surface area (TPSA) is 56.4 Å². The van der Waals surface area contributed by atoms with E-state index in [9.17, 15) is 9.59 Å². The minimum atomic E-state index is -0.0337. The molecule has 1 fully saturated rings. The number of hydrogen-bond acceptors (Lipinski definition) is 3. The van der Waals surface area contributed by atoms with E-state index in [0.29, 0.717) is 25.2 Å². The van der Waals surface area contributed by atoms with Gasteiger partial charge in [0.05, 0.1) is 5.56 Å². The first-order valence-electron chi connectivity index (χ1n) is 9.39. The number of nitrogens with one attached hydrogen (secondary N) is 1. The van der Waals surface area contributed by atoms with Crippen molar-refractivity contribution in [2.24, 2.45) is 0 Å². The number of carbonyl (C=O) groups excluding carboxylic acids is 2. The lowest BCUT2D eigenvalue weighted by Crippen LogP contribution is -2.55. The first kappa shape index (κ1) is 18.6. The van der Waals surface area contributed by atoms with Gasteiger partial charge in [-0.25, -0.2) is 0 Å². The number of thioether (sulfide) groups is 1. The molecule has 1 saturated heterocycles. The molecule has 4 rings (SSSR count). The maximum absolute atomic E-state index is 13.0. The van der Waals surface area contributed by atoms with Crippen molar-refractivity contribution in [2.75, 3.05) is 25.9 Å². The molecule has 1 aliphatic heterocycles. The standard InChI is InChI=1S/C22H23N3O2S/c1-15-14-24(22(27)18-5-3-4-6-20(18)28-2)11-12-25(15)21(26)17-7-8-19-16(13-17)9-10-23-19/h3-10,13,15,23H,11-12,14H2,1-2H3. The van der Waals surface area contributed by atoms with Crippen molar-refractivity contribution in [3.05, 3.63) is 65.9 Å². The zero-order chi connectivity index (χ0) is 19.7. The third kappa shape index (κ3) is 3.40. The van der Waals surface area contributed by atoms with Gasteiger partial charge in [0.1, 0.15) is 0 Å². The molecule has 5 nitrogen and oxygen atoms in total. The van der Waals surface area contributed by atoms with E-state index in [4.69, 9.17) is 0 Å².